The summed E-state index contributed by atoms with van der Waals surface area (Å²) in [5.41, 5.74) is 2.00. The molecule has 36 heavy (non-hydrogen) atoms. The van der Waals surface area contributed by atoms with Gasteiger partial charge >= 0.3 is 12.2 Å². The molecule has 1 unspecified atom stereocenters. The van der Waals surface area contributed by atoms with Gasteiger partial charge in [0.05, 0.1) is 17.2 Å². The monoisotopic (exact) mass is 496 g/mol. The molecule has 3 amide bonds. The molecule has 6 nitrogen and oxygen atoms in total. The standard InChI is InChI=1S/C27H27F3N4O2/c1-18(19-7-3-2-4-8-19)31-25(35)23-17-22(13-14-24(23)34-15-5-6-16-34)33-26(36)32-21-11-9-20(10-12-21)27(28,29)30/h2-4,7-14,17-18H,5-6,15-16H2,1H3,(H,31,35)(H2,32,33,36). The quantitative estimate of drug-likeness (QED) is 0.368. The van der Waals surface area contributed by atoms with E-state index in [2.05, 4.69) is 20.9 Å². The third kappa shape index (κ3) is 6.16. The second kappa shape index (κ2) is 10.7. The molecule has 0 aromatic heterocycles. The number of carbonyl (C=O) groups is 2. The predicted molar refractivity (Wildman–Crippen MR) is 134 cm³/mol. The van der Waals surface area contributed by atoms with Crippen molar-refractivity contribution in [3.63, 3.8) is 0 Å². The van der Waals surface area contributed by atoms with Crippen molar-refractivity contribution >= 4 is 29.0 Å². The molecular formula is C27H27F3N4O2. The minimum atomic E-state index is -4.45. The third-order valence-corrected chi connectivity index (χ3v) is 6.06. The third-order valence-electron chi connectivity index (χ3n) is 6.06. The van der Waals surface area contributed by atoms with Crippen LogP contribution >= 0.6 is 0 Å². The molecular weight excluding hydrogens is 469 g/mol. The SMILES string of the molecule is CC(NC(=O)c1cc(NC(=O)Nc2ccc(C(F)(F)F)cc2)ccc1N1CCCC1)c1ccccc1. The Balaban J connectivity index is 1.50. The van der Waals surface area contributed by atoms with E-state index in [1.54, 1.807) is 18.2 Å². The van der Waals surface area contributed by atoms with Crippen molar-refractivity contribution in [1.29, 1.82) is 0 Å². The number of urea groups is 1. The van der Waals surface area contributed by atoms with Crippen molar-refractivity contribution in [2.75, 3.05) is 28.6 Å². The highest BCUT2D eigenvalue weighted by atomic mass is 19.4. The van der Waals surface area contributed by atoms with E-state index in [9.17, 15) is 22.8 Å². The molecule has 0 spiro atoms. The van der Waals surface area contributed by atoms with Crippen molar-refractivity contribution in [2.24, 2.45) is 0 Å². The van der Waals surface area contributed by atoms with Crippen LogP contribution in [0.25, 0.3) is 0 Å². The molecule has 4 rings (SSSR count). The lowest BCUT2D eigenvalue weighted by molar-refractivity contribution is -0.137. The van der Waals surface area contributed by atoms with Gasteiger partial charge in [-0.2, -0.15) is 13.2 Å². The maximum Gasteiger partial charge on any atom is 0.416 e. The highest BCUT2D eigenvalue weighted by Gasteiger charge is 2.30. The van der Waals surface area contributed by atoms with E-state index in [1.165, 1.54) is 12.1 Å². The predicted octanol–water partition coefficient (Wildman–Crippen LogP) is 6.44. The first-order valence-electron chi connectivity index (χ1n) is 11.7. The van der Waals surface area contributed by atoms with Crippen molar-refractivity contribution in [2.45, 2.75) is 32.0 Å². The fraction of sp³-hybridized carbons (Fsp3) is 0.259. The van der Waals surface area contributed by atoms with Gasteiger partial charge in [-0.1, -0.05) is 30.3 Å². The molecule has 1 saturated heterocycles. The highest BCUT2D eigenvalue weighted by Crippen LogP contribution is 2.30. The molecule has 0 bridgehead atoms. The van der Waals surface area contributed by atoms with Gasteiger partial charge in [0, 0.05) is 30.2 Å². The van der Waals surface area contributed by atoms with Crippen molar-refractivity contribution in [3.8, 4) is 0 Å². The van der Waals surface area contributed by atoms with E-state index in [-0.39, 0.29) is 17.6 Å². The minimum absolute atomic E-state index is 0.212. The molecule has 1 atom stereocenters. The topological polar surface area (TPSA) is 73.5 Å². The lowest BCUT2D eigenvalue weighted by Crippen LogP contribution is -2.30. The molecule has 0 saturated carbocycles. The van der Waals surface area contributed by atoms with Crippen LogP contribution in [0, 0.1) is 0 Å². The number of nitrogens with zero attached hydrogens (tertiary/aromatic N) is 1. The summed E-state index contributed by atoms with van der Waals surface area (Å²) in [6, 6.07) is 18.1. The summed E-state index contributed by atoms with van der Waals surface area (Å²) in [6.07, 6.45) is -2.37. The molecule has 1 heterocycles. The number of nitrogens with one attached hydrogen (secondary N) is 3. The van der Waals surface area contributed by atoms with E-state index >= 15 is 0 Å². The number of carbonyl (C=O) groups excluding carboxylic acids is 2. The van der Waals surface area contributed by atoms with Gasteiger partial charge in [0.2, 0.25) is 0 Å². The zero-order valence-corrected chi connectivity index (χ0v) is 19.7. The summed E-state index contributed by atoms with van der Waals surface area (Å²) in [4.78, 5) is 27.9. The summed E-state index contributed by atoms with van der Waals surface area (Å²) < 4.78 is 38.3. The van der Waals surface area contributed by atoms with Crippen LogP contribution in [0.1, 0.15) is 47.3 Å². The molecule has 1 aliphatic rings. The normalized spacial score (nSPS) is 14.3. The lowest BCUT2D eigenvalue weighted by Gasteiger charge is -2.23. The summed E-state index contributed by atoms with van der Waals surface area (Å²) in [5.74, 6) is -0.264. The van der Waals surface area contributed by atoms with E-state index in [4.69, 9.17) is 0 Å². The van der Waals surface area contributed by atoms with Crippen molar-refractivity contribution in [3.05, 3.63) is 89.5 Å². The van der Waals surface area contributed by atoms with Gasteiger partial charge in [-0.25, -0.2) is 4.79 Å². The molecule has 0 aliphatic carbocycles. The molecule has 1 aliphatic heterocycles. The molecule has 188 valence electrons. The number of benzene rings is 3. The smallest absolute Gasteiger partial charge is 0.371 e. The van der Waals surface area contributed by atoms with Crippen LogP contribution < -0.4 is 20.9 Å². The fourth-order valence-electron chi connectivity index (χ4n) is 4.16. The first kappa shape index (κ1) is 25.1. The number of anilines is 3. The van der Waals surface area contributed by atoms with Crippen LogP contribution in [0.4, 0.5) is 35.0 Å². The minimum Gasteiger partial charge on any atom is -0.371 e. The van der Waals surface area contributed by atoms with Crippen LogP contribution in [0.3, 0.4) is 0 Å². The average molecular weight is 497 g/mol. The van der Waals surface area contributed by atoms with Crippen LogP contribution in [0.5, 0.6) is 0 Å². The van der Waals surface area contributed by atoms with Gasteiger partial charge in [0.1, 0.15) is 0 Å². The Labute approximate surface area is 207 Å². The summed E-state index contributed by atoms with van der Waals surface area (Å²) >= 11 is 0. The number of alkyl halides is 3. The second-order valence-corrected chi connectivity index (χ2v) is 8.69. The Morgan fingerprint density at radius 2 is 1.47 bits per heavy atom. The largest absolute Gasteiger partial charge is 0.416 e. The summed E-state index contributed by atoms with van der Waals surface area (Å²) in [7, 11) is 0. The Morgan fingerprint density at radius 1 is 0.861 bits per heavy atom. The van der Waals surface area contributed by atoms with Gasteiger partial charge < -0.3 is 20.9 Å². The molecule has 9 heteroatoms. The second-order valence-electron chi connectivity index (χ2n) is 8.69. The lowest BCUT2D eigenvalue weighted by atomic mass is 10.1. The zero-order valence-electron chi connectivity index (χ0n) is 19.7. The molecule has 3 aromatic carbocycles. The molecule has 3 aromatic rings. The van der Waals surface area contributed by atoms with Gasteiger partial charge in [-0.15, -0.1) is 0 Å². The number of hydrogen-bond donors (Lipinski definition) is 3. The Hall–Kier alpha value is -4.01. The van der Waals surface area contributed by atoms with Gasteiger partial charge in [0.25, 0.3) is 5.91 Å². The number of amides is 3. The Morgan fingerprint density at radius 3 is 2.11 bits per heavy atom. The van der Waals surface area contributed by atoms with E-state index in [0.29, 0.717) is 11.3 Å². The highest BCUT2D eigenvalue weighted by molar-refractivity contribution is 6.04. The molecule has 0 radical (unpaired) electrons. The molecule has 3 N–H and O–H groups in total. The van der Waals surface area contributed by atoms with Crippen LogP contribution in [-0.4, -0.2) is 25.0 Å². The van der Waals surface area contributed by atoms with Crippen molar-refractivity contribution < 1.29 is 22.8 Å². The number of hydrogen-bond acceptors (Lipinski definition) is 3. The van der Waals surface area contributed by atoms with Gasteiger partial charge in [-0.05, 0) is 67.8 Å². The first-order valence-corrected chi connectivity index (χ1v) is 11.7. The van der Waals surface area contributed by atoms with Gasteiger partial charge in [0.15, 0.2) is 0 Å². The maximum absolute atomic E-state index is 13.3. The number of halogens is 3. The molecule has 1 fully saturated rings. The van der Waals surface area contributed by atoms with Gasteiger partial charge in [-0.3, -0.25) is 4.79 Å². The van der Waals surface area contributed by atoms with E-state index in [0.717, 1.165) is 49.3 Å². The Bertz CT molecular complexity index is 1210. The van der Waals surface area contributed by atoms with Crippen LogP contribution in [0.2, 0.25) is 0 Å². The summed E-state index contributed by atoms with van der Waals surface area (Å²) in [5, 5.41) is 8.20. The number of rotatable bonds is 6. The van der Waals surface area contributed by atoms with Crippen LogP contribution in [0.15, 0.2) is 72.8 Å². The maximum atomic E-state index is 13.3. The van der Waals surface area contributed by atoms with Crippen LogP contribution in [-0.2, 0) is 6.18 Å². The fourth-order valence-corrected chi connectivity index (χ4v) is 4.16. The van der Waals surface area contributed by atoms with E-state index < -0.39 is 17.8 Å². The van der Waals surface area contributed by atoms with E-state index in [1.807, 2.05) is 37.3 Å². The summed E-state index contributed by atoms with van der Waals surface area (Å²) in [6.45, 7) is 3.59. The van der Waals surface area contributed by atoms with Crippen molar-refractivity contribution in [1.82, 2.24) is 5.32 Å². The zero-order chi connectivity index (χ0) is 25.7. The average Bonchev–Trinajstić information content (AvgIpc) is 3.39. The Kier molecular flexibility index (Phi) is 7.47. The first-order chi connectivity index (χ1) is 17.2.